The third kappa shape index (κ3) is 1.56. The van der Waals surface area contributed by atoms with Crippen LogP contribution >= 0.6 is 11.8 Å². The third-order valence-electron chi connectivity index (χ3n) is 4.14. The fourth-order valence-corrected chi connectivity index (χ4v) is 4.95. The quantitative estimate of drug-likeness (QED) is 0.477. The summed E-state index contributed by atoms with van der Waals surface area (Å²) < 4.78 is 6.04. The lowest BCUT2D eigenvalue weighted by molar-refractivity contribution is -0.145. The average Bonchev–Trinajstić information content (AvgIpc) is 3.11. The summed E-state index contributed by atoms with van der Waals surface area (Å²) in [6.07, 6.45) is 4.05. The normalized spacial score (nSPS) is 36.2. The van der Waals surface area contributed by atoms with Crippen LogP contribution in [0.1, 0.15) is 0 Å². The molecule has 0 radical (unpaired) electrons. The van der Waals surface area contributed by atoms with E-state index < -0.39 is 28.6 Å². The smallest absolute Gasteiger partial charge is 0.245 e. The highest BCUT2D eigenvalue weighted by atomic mass is 32.2. The van der Waals surface area contributed by atoms with Gasteiger partial charge in [0.05, 0.1) is 5.92 Å². The average molecular weight is 301 g/mol. The van der Waals surface area contributed by atoms with E-state index in [1.165, 1.54) is 11.8 Å². The van der Waals surface area contributed by atoms with Crippen molar-refractivity contribution < 1.29 is 19.1 Å². The minimum absolute atomic E-state index is 0.111. The van der Waals surface area contributed by atoms with Crippen LogP contribution in [0.25, 0.3) is 0 Å². The summed E-state index contributed by atoms with van der Waals surface area (Å²) in [4.78, 5) is 35.3. The third-order valence-corrected chi connectivity index (χ3v) is 5.70. The summed E-state index contributed by atoms with van der Waals surface area (Å²) in [5, 5.41) is -0.111. The summed E-state index contributed by atoms with van der Waals surface area (Å²) in [7, 11) is 0. The lowest BCUT2D eigenvalue weighted by atomic mass is 9.83. The highest BCUT2D eigenvalue weighted by Gasteiger charge is 2.68. The molecule has 0 spiro atoms. The lowest BCUT2D eigenvalue weighted by Crippen LogP contribution is -2.42. The van der Waals surface area contributed by atoms with Crippen molar-refractivity contribution in [1.82, 2.24) is 4.90 Å². The second kappa shape index (κ2) is 4.21. The molecule has 0 N–H and O–H groups in total. The lowest BCUT2D eigenvalue weighted by Gasteiger charge is -2.29. The number of carbonyl (C=O) groups is 3. The van der Waals surface area contributed by atoms with Crippen molar-refractivity contribution in [1.29, 1.82) is 0 Å². The molecule has 3 aliphatic heterocycles. The van der Waals surface area contributed by atoms with E-state index in [0.717, 1.165) is 0 Å². The molecule has 3 heterocycles. The van der Waals surface area contributed by atoms with E-state index in [1.807, 2.05) is 42.5 Å². The topological polar surface area (TPSA) is 63.7 Å². The summed E-state index contributed by atoms with van der Waals surface area (Å²) in [5.41, 5.74) is 0. The van der Waals surface area contributed by atoms with Crippen molar-refractivity contribution in [2.45, 2.75) is 10.2 Å². The van der Waals surface area contributed by atoms with Crippen molar-refractivity contribution in [3.8, 4) is 5.75 Å². The van der Waals surface area contributed by atoms with E-state index in [4.69, 9.17) is 4.74 Å². The number of imide groups is 3. The van der Waals surface area contributed by atoms with E-state index in [-0.39, 0.29) is 5.25 Å². The first-order valence-corrected chi connectivity index (χ1v) is 7.48. The van der Waals surface area contributed by atoms with Gasteiger partial charge in [0.15, 0.2) is 4.93 Å². The number of hydrogen-bond acceptors (Lipinski definition) is 5. The Morgan fingerprint density at radius 1 is 1.19 bits per heavy atom. The minimum atomic E-state index is -0.888. The fourth-order valence-electron chi connectivity index (χ4n) is 3.26. The van der Waals surface area contributed by atoms with Crippen LogP contribution in [0.2, 0.25) is 0 Å². The number of para-hydroxylation sites is 1. The van der Waals surface area contributed by atoms with Gasteiger partial charge in [-0.2, -0.15) is 0 Å². The molecule has 21 heavy (non-hydrogen) atoms. The number of fused-ring (bicyclic) bond motifs is 5. The molecule has 0 saturated carbocycles. The van der Waals surface area contributed by atoms with E-state index in [1.54, 1.807) is 0 Å². The molecular formula is C15H11NO4S. The molecule has 0 aliphatic carbocycles. The molecule has 106 valence electrons. The van der Waals surface area contributed by atoms with E-state index >= 15 is 0 Å². The first-order chi connectivity index (χ1) is 10.2. The van der Waals surface area contributed by atoms with Crippen molar-refractivity contribution in [2.24, 2.45) is 11.8 Å². The molecule has 0 aromatic heterocycles. The number of carbonyl (C=O) groups excluding carboxylic acids is 3. The summed E-state index contributed by atoms with van der Waals surface area (Å²) >= 11 is 1.47. The standard InChI is InChI=1S/C15H11NO4S/c17-8-16-13(18)11-10-6-7-15(21-10,12(11)14(16)19)20-9-4-2-1-3-5-9/h1-8,10-12H. The van der Waals surface area contributed by atoms with Crippen LogP contribution in [0.4, 0.5) is 0 Å². The monoisotopic (exact) mass is 301 g/mol. The SMILES string of the molecule is O=CN1C(=O)C2C3C=CC(Oc4ccccc4)(S3)C2C1=O. The van der Waals surface area contributed by atoms with Crippen LogP contribution in [0, 0.1) is 11.8 Å². The van der Waals surface area contributed by atoms with Gasteiger partial charge in [-0.05, 0) is 18.2 Å². The van der Waals surface area contributed by atoms with Crippen LogP contribution in [-0.4, -0.2) is 33.3 Å². The van der Waals surface area contributed by atoms with Crippen LogP contribution < -0.4 is 4.74 Å². The van der Waals surface area contributed by atoms with Gasteiger partial charge in [0.1, 0.15) is 11.7 Å². The second-order valence-corrected chi connectivity index (χ2v) is 6.65. The number of thioether (sulfide) groups is 1. The van der Waals surface area contributed by atoms with Gasteiger partial charge in [0, 0.05) is 5.25 Å². The molecule has 2 bridgehead atoms. The first-order valence-electron chi connectivity index (χ1n) is 6.60. The van der Waals surface area contributed by atoms with Crippen molar-refractivity contribution in [3.05, 3.63) is 42.5 Å². The van der Waals surface area contributed by atoms with Crippen molar-refractivity contribution in [3.63, 3.8) is 0 Å². The predicted octanol–water partition coefficient (Wildman–Crippen LogP) is 1.20. The van der Waals surface area contributed by atoms with Crippen molar-refractivity contribution in [2.75, 3.05) is 0 Å². The van der Waals surface area contributed by atoms with Gasteiger partial charge in [0.25, 0.3) is 0 Å². The van der Waals surface area contributed by atoms with Gasteiger partial charge < -0.3 is 4.74 Å². The Hall–Kier alpha value is -2.08. The predicted molar refractivity (Wildman–Crippen MR) is 75.2 cm³/mol. The molecule has 1 aromatic carbocycles. The molecule has 6 heteroatoms. The first kappa shape index (κ1) is 12.6. The Morgan fingerprint density at radius 2 is 1.95 bits per heavy atom. The zero-order chi connectivity index (χ0) is 14.6. The molecule has 2 saturated heterocycles. The minimum Gasteiger partial charge on any atom is -0.472 e. The van der Waals surface area contributed by atoms with Gasteiger partial charge >= 0.3 is 0 Å². The zero-order valence-corrected chi connectivity index (χ0v) is 11.7. The fraction of sp³-hybridized carbons (Fsp3) is 0.267. The molecule has 4 rings (SSSR count). The molecule has 3 amide bonds. The summed E-state index contributed by atoms with van der Waals surface area (Å²) in [5.74, 6) is -1.37. The van der Waals surface area contributed by atoms with E-state index in [0.29, 0.717) is 17.1 Å². The van der Waals surface area contributed by atoms with E-state index in [9.17, 15) is 14.4 Å². The summed E-state index contributed by atoms with van der Waals surface area (Å²) in [6, 6.07) is 9.18. The molecule has 4 unspecified atom stereocenters. The number of rotatable bonds is 3. The highest BCUT2D eigenvalue weighted by molar-refractivity contribution is 8.02. The van der Waals surface area contributed by atoms with Crippen molar-refractivity contribution >= 4 is 30.0 Å². The molecule has 3 aliphatic rings. The van der Waals surface area contributed by atoms with Gasteiger partial charge in [-0.25, -0.2) is 4.90 Å². The number of amides is 3. The van der Waals surface area contributed by atoms with Crippen LogP contribution in [0.5, 0.6) is 5.75 Å². The molecule has 4 atom stereocenters. The molecule has 2 fully saturated rings. The molecular weight excluding hydrogens is 290 g/mol. The Kier molecular flexibility index (Phi) is 2.53. The summed E-state index contributed by atoms with van der Waals surface area (Å²) in [6.45, 7) is 0. The van der Waals surface area contributed by atoms with Crippen LogP contribution in [0.15, 0.2) is 42.5 Å². The van der Waals surface area contributed by atoms with Gasteiger partial charge in [-0.1, -0.05) is 24.3 Å². The number of benzene rings is 1. The maximum atomic E-state index is 12.4. The number of ether oxygens (including phenoxy) is 1. The number of likely N-dealkylation sites (tertiary alicyclic amines) is 1. The van der Waals surface area contributed by atoms with Gasteiger partial charge in [0.2, 0.25) is 18.2 Å². The van der Waals surface area contributed by atoms with E-state index in [2.05, 4.69) is 0 Å². The molecule has 1 aromatic rings. The maximum absolute atomic E-state index is 12.4. The number of hydrogen-bond donors (Lipinski definition) is 0. The Bertz CT molecular complexity index is 674. The number of nitrogens with zero attached hydrogens (tertiary/aromatic N) is 1. The van der Waals surface area contributed by atoms with Crippen LogP contribution in [0.3, 0.4) is 0 Å². The Balaban J connectivity index is 1.74. The second-order valence-electron chi connectivity index (χ2n) is 5.23. The molecule has 5 nitrogen and oxygen atoms in total. The van der Waals surface area contributed by atoms with Gasteiger partial charge in [-0.15, -0.1) is 11.8 Å². The Morgan fingerprint density at radius 3 is 2.67 bits per heavy atom. The zero-order valence-electron chi connectivity index (χ0n) is 10.8. The Labute approximate surface area is 124 Å². The highest BCUT2D eigenvalue weighted by Crippen LogP contribution is 2.60. The maximum Gasteiger partial charge on any atom is 0.245 e. The van der Waals surface area contributed by atoms with Gasteiger partial charge in [-0.3, -0.25) is 14.4 Å². The van der Waals surface area contributed by atoms with Crippen LogP contribution in [-0.2, 0) is 14.4 Å². The largest absolute Gasteiger partial charge is 0.472 e.